The fraction of sp³-hybridized carbons (Fsp3) is 0.667. The molecule has 0 bridgehead atoms. The molecule has 1 N–H and O–H groups in total. The molecule has 2 aromatic rings. The van der Waals surface area contributed by atoms with E-state index in [9.17, 15) is 4.79 Å². The molecule has 1 amide bonds. The zero-order chi connectivity index (χ0) is 17.5. The van der Waals surface area contributed by atoms with Crippen LogP contribution >= 0.6 is 11.3 Å². The van der Waals surface area contributed by atoms with Gasteiger partial charge in [0.1, 0.15) is 15.9 Å². The number of thiazole rings is 1. The number of aromatic amines is 1. The van der Waals surface area contributed by atoms with Gasteiger partial charge in [-0.15, -0.1) is 11.3 Å². The van der Waals surface area contributed by atoms with E-state index in [4.69, 9.17) is 9.72 Å². The zero-order valence-corrected chi connectivity index (χ0v) is 16.0. The number of ether oxygens (including phenoxy) is 1. The minimum atomic E-state index is -0.435. The van der Waals surface area contributed by atoms with Gasteiger partial charge in [0.05, 0.1) is 5.01 Å². The molecule has 1 fully saturated rings. The van der Waals surface area contributed by atoms with Crippen LogP contribution in [0.1, 0.15) is 69.9 Å². The Hall–Kier alpha value is -1.56. The highest BCUT2D eigenvalue weighted by Crippen LogP contribution is 2.36. The van der Waals surface area contributed by atoms with Crippen LogP contribution in [0.2, 0.25) is 0 Å². The van der Waals surface area contributed by atoms with E-state index in [1.807, 2.05) is 25.7 Å². The third-order valence-electron chi connectivity index (χ3n) is 4.39. The summed E-state index contributed by atoms with van der Waals surface area (Å²) in [6, 6.07) is 0. The van der Waals surface area contributed by atoms with Crippen molar-refractivity contribution in [2.24, 2.45) is 0 Å². The Kier molecular flexibility index (Phi) is 4.60. The monoisotopic (exact) mass is 349 g/mol. The highest BCUT2D eigenvalue weighted by atomic mass is 32.1. The number of hydrogen-bond donors (Lipinski definition) is 1. The van der Waals surface area contributed by atoms with Gasteiger partial charge in [-0.05, 0) is 45.1 Å². The van der Waals surface area contributed by atoms with Crippen molar-refractivity contribution in [1.29, 1.82) is 0 Å². The van der Waals surface area contributed by atoms with Crippen LogP contribution in [0, 0.1) is 0 Å². The highest BCUT2D eigenvalue weighted by Gasteiger charge is 2.29. The number of aromatic nitrogens is 2. The summed E-state index contributed by atoms with van der Waals surface area (Å²) >= 11 is 1.76. The average Bonchev–Trinajstić information content (AvgIpc) is 3.05. The predicted molar refractivity (Wildman–Crippen MR) is 97.8 cm³/mol. The molecule has 132 valence electrons. The van der Waals surface area contributed by atoms with Crippen molar-refractivity contribution in [3.63, 3.8) is 0 Å². The standard InChI is InChI=1S/C18H27N3O2S/c1-11(2)13-10-19-16-14(13)20-15(24-16)12-6-8-21(9-7-12)17(22)23-18(3,4)5/h10-12,19H,6-9H2,1-5H3. The molecule has 0 radical (unpaired) electrons. The fourth-order valence-electron chi connectivity index (χ4n) is 3.09. The van der Waals surface area contributed by atoms with Crippen molar-refractivity contribution < 1.29 is 9.53 Å². The van der Waals surface area contributed by atoms with Gasteiger partial charge in [0.15, 0.2) is 0 Å². The quantitative estimate of drug-likeness (QED) is 0.842. The van der Waals surface area contributed by atoms with Gasteiger partial charge in [0, 0.05) is 25.2 Å². The first-order chi connectivity index (χ1) is 11.2. The average molecular weight is 350 g/mol. The molecule has 0 atom stereocenters. The summed E-state index contributed by atoms with van der Waals surface area (Å²) in [5.41, 5.74) is 1.98. The molecule has 1 aliphatic rings. The molecular weight excluding hydrogens is 322 g/mol. The molecule has 3 rings (SSSR count). The third kappa shape index (κ3) is 3.58. The van der Waals surface area contributed by atoms with Gasteiger partial charge in [-0.1, -0.05) is 13.8 Å². The number of nitrogens with zero attached hydrogens (tertiary/aromatic N) is 2. The number of carbonyl (C=O) groups is 1. The van der Waals surface area contributed by atoms with E-state index in [-0.39, 0.29) is 6.09 Å². The number of likely N-dealkylation sites (tertiary alicyclic amines) is 1. The number of fused-ring (bicyclic) bond motifs is 1. The molecule has 0 saturated carbocycles. The van der Waals surface area contributed by atoms with E-state index in [0.29, 0.717) is 11.8 Å². The first kappa shape index (κ1) is 17.3. The molecular formula is C18H27N3O2S. The lowest BCUT2D eigenvalue weighted by molar-refractivity contribution is 0.0205. The molecule has 3 heterocycles. The lowest BCUT2D eigenvalue weighted by atomic mass is 9.98. The normalized spacial score (nSPS) is 17.0. The third-order valence-corrected chi connectivity index (χ3v) is 5.54. The molecule has 0 unspecified atom stereocenters. The summed E-state index contributed by atoms with van der Waals surface area (Å²) in [5.74, 6) is 0.914. The Labute approximate surface area is 147 Å². The van der Waals surface area contributed by atoms with Gasteiger partial charge in [-0.25, -0.2) is 9.78 Å². The summed E-state index contributed by atoms with van der Waals surface area (Å²) in [6.45, 7) is 11.6. The Morgan fingerprint density at radius 1 is 1.38 bits per heavy atom. The molecule has 0 spiro atoms. The Bertz CT molecular complexity index is 718. The number of amides is 1. The summed E-state index contributed by atoms with van der Waals surface area (Å²) in [6.07, 6.45) is 3.78. The maximum absolute atomic E-state index is 12.2. The van der Waals surface area contributed by atoms with Gasteiger partial charge >= 0.3 is 6.09 Å². The SMILES string of the molecule is CC(C)c1c[nH]c2sc(C3CCN(C(=O)OC(C)(C)C)CC3)nc12. The van der Waals surface area contributed by atoms with Crippen LogP contribution < -0.4 is 0 Å². The molecule has 0 aromatic carbocycles. The van der Waals surface area contributed by atoms with E-state index in [1.165, 1.54) is 15.4 Å². The highest BCUT2D eigenvalue weighted by molar-refractivity contribution is 7.18. The summed E-state index contributed by atoms with van der Waals surface area (Å²) < 4.78 is 5.46. The van der Waals surface area contributed by atoms with Crippen molar-refractivity contribution in [2.45, 2.75) is 64.9 Å². The first-order valence-corrected chi connectivity index (χ1v) is 9.52. The second kappa shape index (κ2) is 6.39. The second-order valence-corrected chi connectivity index (χ2v) is 8.90. The van der Waals surface area contributed by atoms with Crippen molar-refractivity contribution in [1.82, 2.24) is 14.9 Å². The minimum Gasteiger partial charge on any atom is -0.444 e. The van der Waals surface area contributed by atoms with Gasteiger partial charge in [-0.3, -0.25) is 0 Å². The van der Waals surface area contributed by atoms with Crippen LogP contribution in [0.4, 0.5) is 4.79 Å². The molecule has 5 nitrogen and oxygen atoms in total. The Morgan fingerprint density at radius 3 is 2.62 bits per heavy atom. The van der Waals surface area contributed by atoms with Crippen LogP contribution in [-0.4, -0.2) is 39.7 Å². The minimum absolute atomic E-state index is 0.200. The molecule has 24 heavy (non-hydrogen) atoms. The molecule has 2 aromatic heterocycles. The number of carbonyl (C=O) groups excluding carboxylic acids is 1. The van der Waals surface area contributed by atoms with Crippen molar-refractivity contribution in [3.8, 4) is 0 Å². The van der Waals surface area contributed by atoms with Crippen LogP contribution in [0.5, 0.6) is 0 Å². The van der Waals surface area contributed by atoms with Gasteiger partial charge in [-0.2, -0.15) is 0 Å². The molecule has 1 saturated heterocycles. The predicted octanol–water partition coefficient (Wildman–Crippen LogP) is 4.86. The van der Waals surface area contributed by atoms with E-state index in [2.05, 4.69) is 25.0 Å². The number of nitrogens with one attached hydrogen (secondary N) is 1. The zero-order valence-electron chi connectivity index (χ0n) is 15.2. The van der Waals surface area contributed by atoms with E-state index < -0.39 is 5.60 Å². The second-order valence-electron chi connectivity index (χ2n) is 7.87. The summed E-state index contributed by atoms with van der Waals surface area (Å²) in [5, 5.41) is 1.20. The topological polar surface area (TPSA) is 58.2 Å². The summed E-state index contributed by atoms with van der Waals surface area (Å²) in [7, 11) is 0. The maximum Gasteiger partial charge on any atom is 0.410 e. The first-order valence-electron chi connectivity index (χ1n) is 8.70. The van der Waals surface area contributed by atoms with Crippen LogP contribution in [-0.2, 0) is 4.74 Å². The van der Waals surface area contributed by atoms with E-state index in [1.54, 1.807) is 11.3 Å². The van der Waals surface area contributed by atoms with Gasteiger partial charge in [0.2, 0.25) is 0 Å². The maximum atomic E-state index is 12.2. The number of rotatable bonds is 2. The van der Waals surface area contributed by atoms with Crippen molar-refractivity contribution >= 4 is 27.8 Å². The lowest BCUT2D eigenvalue weighted by Crippen LogP contribution is -2.41. The van der Waals surface area contributed by atoms with Gasteiger partial charge in [0.25, 0.3) is 0 Å². The molecule has 1 aliphatic heterocycles. The van der Waals surface area contributed by atoms with Crippen LogP contribution in [0.15, 0.2) is 6.20 Å². The van der Waals surface area contributed by atoms with Crippen LogP contribution in [0.3, 0.4) is 0 Å². The number of piperidine rings is 1. The molecule has 6 heteroatoms. The van der Waals surface area contributed by atoms with Gasteiger partial charge < -0.3 is 14.6 Å². The largest absolute Gasteiger partial charge is 0.444 e. The summed E-state index contributed by atoms with van der Waals surface area (Å²) in [4.78, 5) is 23.4. The fourth-order valence-corrected chi connectivity index (χ4v) is 4.22. The van der Waals surface area contributed by atoms with E-state index in [0.717, 1.165) is 31.4 Å². The number of hydrogen-bond acceptors (Lipinski definition) is 4. The Morgan fingerprint density at radius 2 is 2.04 bits per heavy atom. The lowest BCUT2D eigenvalue weighted by Gasteiger charge is -2.32. The Balaban J connectivity index is 1.65. The number of H-pyrrole nitrogens is 1. The van der Waals surface area contributed by atoms with Crippen molar-refractivity contribution in [3.05, 3.63) is 16.8 Å². The molecule has 0 aliphatic carbocycles. The van der Waals surface area contributed by atoms with Crippen LogP contribution in [0.25, 0.3) is 10.3 Å². The smallest absolute Gasteiger partial charge is 0.410 e. The van der Waals surface area contributed by atoms with E-state index >= 15 is 0 Å². The van der Waals surface area contributed by atoms with Crippen molar-refractivity contribution in [2.75, 3.05) is 13.1 Å².